The number of ether oxygens (including phenoxy) is 1. The summed E-state index contributed by atoms with van der Waals surface area (Å²) in [4.78, 5) is 4.45. The van der Waals surface area contributed by atoms with Gasteiger partial charge in [0, 0.05) is 17.5 Å². The van der Waals surface area contributed by atoms with Crippen LogP contribution in [0.2, 0.25) is 5.02 Å². The van der Waals surface area contributed by atoms with Gasteiger partial charge in [-0.05, 0) is 42.7 Å². The number of nitrogens with zero attached hydrogens (tertiary/aromatic N) is 1. The molecule has 0 radical (unpaired) electrons. The number of aromatic nitrogens is 1. The Bertz CT molecular complexity index is 827. The normalized spacial score (nSPS) is 12.3. The lowest BCUT2D eigenvalue weighted by atomic mass is 9.87. The fraction of sp³-hybridized carbons (Fsp3) is 0.250. The van der Waals surface area contributed by atoms with Crippen LogP contribution in [0.15, 0.2) is 48.7 Å². The number of methoxy groups -OCH3 is 1. The van der Waals surface area contributed by atoms with Gasteiger partial charge in [-0.3, -0.25) is 4.98 Å². The first-order chi connectivity index (χ1) is 11.1. The Balaban J connectivity index is 2.23. The molecule has 23 heavy (non-hydrogen) atoms. The molecule has 3 aromatic rings. The van der Waals surface area contributed by atoms with Crippen LogP contribution in [-0.4, -0.2) is 12.1 Å². The molecule has 0 saturated carbocycles. The highest BCUT2D eigenvalue weighted by molar-refractivity contribution is 6.32. The van der Waals surface area contributed by atoms with Crippen LogP contribution in [-0.2, 0) is 0 Å². The van der Waals surface area contributed by atoms with E-state index in [-0.39, 0.29) is 5.92 Å². The molecule has 0 N–H and O–H groups in total. The molecular weight excluding hydrogens is 306 g/mol. The zero-order valence-corrected chi connectivity index (χ0v) is 14.4. The number of hydrogen-bond acceptors (Lipinski definition) is 2. The third kappa shape index (κ3) is 3.04. The summed E-state index contributed by atoms with van der Waals surface area (Å²) in [5, 5.41) is 1.77. The van der Waals surface area contributed by atoms with Gasteiger partial charge in [-0.2, -0.15) is 0 Å². The van der Waals surface area contributed by atoms with E-state index in [2.05, 4.69) is 43.1 Å². The van der Waals surface area contributed by atoms with Gasteiger partial charge in [0.25, 0.3) is 0 Å². The van der Waals surface area contributed by atoms with Gasteiger partial charge in [-0.25, -0.2) is 0 Å². The van der Waals surface area contributed by atoms with E-state index in [4.69, 9.17) is 16.3 Å². The molecule has 0 aliphatic heterocycles. The Morgan fingerprint density at radius 1 is 1.13 bits per heavy atom. The highest BCUT2D eigenvalue weighted by Crippen LogP contribution is 2.38. The van der Waals surface area contributed by atoms with E-state index < -0.39 is 0 Å². The highest BCUT2D eigenvalue weighted by Gasteiger charge is 2.19. The Kier molecular flexibility index (Phi) is 4.53. The predicted molar refractivity (Wildman–Crippen MR) is 96.6 cm³/mol. The van der Waals surface area contributed by atoms with E-state index in [1.807, 2.05) is 18.2 Å². The van der Waals surface area contributed by atoms with E-state index in [0.29, 0.717) is 5.02 Å². The predicted octanol–water partition coefficient (Wildman–Crippen LogP) is 5.75. The summed E-state index contributed by atoms with van der Waals surface area (Å²) in [6.07, 6.45) is 2.72. The molecule has 2 aromatic carbocycles. The summed E-state index contributed by atoms with van der Waals surface area (Å²) < 4.78 is 5.38. The number of benzene rings is 2. The maximum Gasteiger partial charge on any atom is 0.119 e. The maximum absolute atomic E-state index is 6.55. The fourth-order valence-electron chi connectivity index (χ4n) is 3.05. The molecule has 0 amide bonds. The summed E-state index contributed by atoms with van der Waals surface area (Å²) >= 11 is 6.55. The highest BCUT2D eigenvalue weighted by atomic mass is 35.5. The van der Waals surface area contributed by atoms with Crippen LogP contribution in [0.3, 0.4) is 0 Å². The summed E-state index contributed by atoms with van der Waals surface area (Å²) in [5.74, 6) is 1.06. The SMILES string of the molecule is CCC(c1ccc(C)cc1)c1c(Cl)cnc2ccc(OC)cc12. The lowest BCUT2D eigenvalue weighted by molar-refractivity contribution is 0.415. The zero-order valence-electron chi connectivity index (χ0n) is 13.6. The second-order valence-corrected chi connectivity index (χ2v) is 6.18. The van der Waals surface area contributed by atoms with Crippen molar-refractivity contribution in [1.82, 2.24) is 4.98 Å². The monoisotopic (exact) mass is 325 g/mol. The van der Waals surface area contributed by atoms with E-state index in [1.165, 1.54) is 11.1 Å². The smallest absolute Gasteiger partial charge is 0.119 e. The summed E-state index contributed by atoms with van der Waals surface area (Å²) in [7, 11) is 1.68. The van der Waals surface area contributed by atoms with Crippen molar-refractivity contribution in [3.63, 3.8) is 0 Å². The Morgan fingerprint density at radius 2 is 1.87 bits per heavy atom. The largest absolute Gasteiger partial charge is 0.497 e. The average Bonchev–Trinajstić information content (AvgIpc) is 2.58. The number of aryl methyl sites for hydroxylation is 1. The molecular formula is C20H20ClNO. The van der Waals surface area contributed by atoms with Crippen LogP contribution in [0.25, 0.3) is 10.9 Å². The van der Waals surface area contributed by atoms with Crippen LogP contribution in [0.4, 0.5) is 0 Å². The van der Waals surface area contributed by atoms with E-state index in [1.54, 1.807) is 13.3 Å². The van der Waals surface area contributed by atoms with Gasteiger partial charge in [0.15, 0.2) is 0 Å². The maximum atomic E-state index is 6.55. The Hall–Kier alpha value is -2.06. The molecule has 0 aliphatic rings. The van der Waals surface area contributed by atoms with E-state index in [0.717, 1.165) is 28.6 Å². The molecule has 2 nitrogen and oxygen atoms in total. The number of fused-ring (bicyclic) bond motifs is 1. The van der Waals surface area contributed by atoms with Crippen molar-refractivity contribution >= 4 is 22.5 Å². The van der Waals surface area contributed by atoms with Crippen molar-refractivity contribution in [1.29, 1.82) is 0 Å². The summed E-state index contributed by atoms with van der Waals surface area (Å²) in [5.41, 5.74) is 4.60. The minimum absolute atomic E-state index is 0.237. The molecule has 1 atom stereocenters. The third-order valence-electron chi connectivity index (χ3n) is 4.30. The van der Waals surface area contributed by atoms with Crippen molar-refractivity contribution in [3.05, 3.63) is 70.4 Å². The van der Waals surface area contributed by atoms with Gasteiger partial charge in [0.1, 0.15) is 5.75 Å². The Labute approximate surface area is 142 Å². The van der Waals surface area contributed by atoms with Crippen molar-refractivity contribution in [2.75, 3.05) is 7.11 Å². The van der Waals surface area contributed by atoms with Crippen LogP contribution in [0, 0.1) is 6.92 Å². The van der Waals surface area contributed by atoms with Crippen molar-refractivity contribution in [3.8, 4) is 5.75 Å². The lowest BCUT2D eigenvalue weighted by Crippen LogP contribution is -2.03. The molecule has 1 aromatic heterocycles. The average molecular weight is 326 g/mol. The molecule has 1 heterocycles. The van der Waals surface area contributed by atoms with Crippen molar-refractivity contribution in [2.24, 2.45) is 0 Å². The van der Waals surface area contributed by atoms with E-state index >= 15 is 0 Å². The van der Waals surface area contributed by atoms with E-state index in [9.17, 15) is 0 Å². The molecule has 0 saturated heterocycles. The first-order valence-electron chi connectivity index (χ1n) is 7.82. The quantitative estimate of drug-likeness (QED) is 0.609. The number of pyridine rings is 1. The van der Waals surface area contributed by atoms with Crippen LogP contribution in [0.1, 0.15) is 36.0 Å². The molecule has 0 spiro atoms. The fourth-order valence-corrected chi connectivity index (χ4v) is 3.34. The topological polar surface area (TPSA) is 22.1 Å². The second kappa shape index (κ2) is 6.59. The third-order valence-corrected chi connectivity index (χ3v) is 4.61. The van der Waals surface area contributed by atoms with Gasteiger partial charge < -0.3 is 4.74 Å². The lowest BCUT2D eigenvalue weighted by Gasteiger charge is -2.20. The van der Waals surface area contributed by atoms with Crippen molar-refractivity contribution < 1.29 is 4.74 Å². The molecule has 0 aliphatic carbocycles. The first kappa shape index (κ1) is 15.8. The number of halogens is 1. The molecule has 3 rings (SSSR count). The van der Waals surface area contributed by atoms with Crippen molar-refractivity contribution in [2.45, 2.75) is 26.2 Å². The number of hydrogen-bond donors (Lipinski definition) is 0. The zero-order chi connectivity index (χ0) is 16.4. The summed E-state index contributed by atoms with van der Waals surface area (Å²) in [6.45, 7) is 4.29. The van der Waals surface area contributed by atoms with Gasteiger partial charge in [0.05, 0.1) is 17.6 Å². The van der Waals surface area contributed by atoms with Gasteiger partial charge in [0.2, 0.25) is 0 Å². The van der Waals surface area contributed by atoms with Gasteiger partial charge in [-0.15, -0.1) is 0 Å². The van der Waals surface area contributed by atoms with Crippen LogP contribution >= 0.6 is 11.6 Å². The second-order valence-electron chi connectivity index (χ2n) is 5.77. The van der Waals surface area contributed by atoms with Crippen LogP contribution in [0.5, 0.6) is 5.75 Å². The minimum Gasteiger partial charge on any atom is -0.497 e. The standard InChI is InChI=1S/C20H20ClNO/c1-4-16(14-7-5-13(2)6-8-14)20-17-11-15(23-3)9-10-19(17)22-12-18(20)21/h5-12,16H,4H2,1-3H3. The number of rotatable bonds is 4. The molecule has 3 heteroatoms. The Morgan fingerprint density at radius 3 is 2.52 bits per heavy atom. The van der Waals surface area contributed by atoms with Crippen LogP contribution < -0.4 is 4.74 Å². The minimum atomic E-state index is 0.237. The molecule has 0 bridgehead atoms. The first-order valence-corrected chi connectivity index (χ1v) is 8.20. The van der Waals surface area contributed by atoms with Gasteiger partial charge >= 0.3 is 0 Å². The summed E-state index contributed by atoms with van der Waals surface area (Å²) in [6, 6.07) is 14.6. The van der Waals surface area contributed by atoms with Gasteiger partial charge in [-0.1, -0.05) is 48.4 Å². The molecule has 0 fully saturated rings. The molecule has 1 unspecified atom stereocenters. The molecule has 118 valence electrons.